The van der Waals surface area contributed by atoms with Crippen molar-refractivity contribution < 1.29 is 23.7 Å². The molecule has 0 fully saturated rings. The normalized spacial score (nSPS) is 11.2. The van der Waals surface area contributed by atoms with Crippen molar-refractivity contribution in [2.75, 3.05) is 21.3 Å². The van der Waals surface area contributed by atoms with Gasteiger partial charge < -0.3 is 18.9 Å². The number of hydrogen-bond acceptors (Lipinski definition) is 6. The molecule has 1 amide bonds. The molecule has 0 saturated heterocycles. The highest BCUT2D eigenvalue weighted by Crippen LogP contribution is 2.29. The molecular formula is C21H26N2O5. The summed E-state index contributed by atoms with van der Waals surface area (Å²) in [5.41, 5.74) is 4.40. The lowest BCUT2D eigenvalue weighted by atomic mass is 10.1. The Labute approximate surface area is 165 Å². The van der Waals surface area contributed by atoms with Crippen LogP contribution >= 0.6 is 0 Å². The Morgan fingerprint density at radius 2 is 1.39 bits per heavy atom. The lowest BCUT2D eigenvalue weighted by Crippen LogP contribution is -2.19. The molecule has 0 aliphatic heterocycles. The third-order valence-corrected chi connectivity index (χ3v) is 3.91. The second-order valence-electron chi connectivity index (χ2n) is 6.24. The summed E-state index contributed by atoms with van der Waals surface area (Å²) in [6.45, 7) is 5.64. The lowest BCUT2D eigenvalue weighted by Gasteiger charge is -2.14. The van der Waals surface area contributed by atoms with Gasteiger partial charge in [-0.1, -0.05) is 0 Å². The van der Waals surface area contributed by atoms with E-state index in [4.69, 9.17) is 18.9 Å². The molecule has 0 unspecified atom stereocenters. The fourth-order valence-electron chi connectivity index (χ4n) is 2.49. The Balaban J connectivity index is 2.16. The maximum atomic E-state index is 12.4. The van der Waals surface area contributed by atoms with E-state index >= 15 is 0 Å². The van der Waals surface area contributed by atoms with E-state index in [-0.39, 0.29) is 12.0 Å². The fraction of sp³-hybridized carbons (Fsp3) is 0.333. The van der Waals surface area contributed by atoms with Gasteiger partial charge in [0.05, 0.1) is 33.1 Å². The number of carbonyl (C=O) groups is 1. The summed E-state index contributed by atoms with van der Waals surface area (Å²) in [6, 6.07) is 10.4. The van der Waals surface area contributed by atoms with Gasteiger partial charge in [0, 0.05) is 11.1 Å². The van der Waals surface area contributed by atoms with Crippen molar-refractivity contribution in [2.45, 2.75) is 26.9 Å². The minimum atomic E-state index is -0.353. The minimum absolute atomic E-state index is 0.00214. The van der Waals surface area contributed by atoms with E-state index < -0.39 is 0 Å². The van der Waals surface area contributed by atoms with Gasteiger partial charge >= 0.3 is 0 Å². The standard InChI is InChI=1S/C21H26N2O5/c1-13(2)28-18-10-8-16(12-20(18)27-6)21(24)23-22-14(3)15-7-9-17(25-4)19(11-15)26-5/h7-13H,1-6H3,(H,23,24)/b22-14-. The van der Waals surface area contributed by atoms with Gasteiger partial charge in [-0.05, 0) is 57.2 Å². The summed E-state index contributed by atoms with van der Waals surface area (Å²) in [6.07, 6.45) is 0.00214. The molecule has 0 atom stereocenters. The molecule has 0 radical (unpaired) electrons. The molecule has 0 spiro atoms. The molecule has 7 nitrogen and oxygen atoms in total. The van der Waals surface area contributed by atoms with Gasteiger partial charge in [-0.15, -0.1) is 0 Å². The second-order valence-corrected chi connectivity index (χ2v) is 6.24. The van der Waals surface area contributed by atoms with Crippen LogP contribution in [0.5, 0.6) is 23.0 Å². The van der Waals surface area contributed by atoms with Gasteiger partial charge in [-0.3, -0.25) is 4.79 Å². The number of carbonyl (C=O) groups excluding carboxylic acids is 1. The maximum Gasteiger partial charge on any atom is 0.271 e. The fourth-order valence-corrected chi connectivity index (χ4v) is 2.49. The predicted octanol–water partition coefficient (Wildman–Crippen LogP) is 3.65. The molecule has 0 aliphatic carbocycles. The first-order valence-electron chi connectivity index (χ1n) is 8.81. The molecule has 150 valence electrons. The molecular weight excluding hydrogens is 360 g/mol. The highest BCUT2D eigenvalue weighted by molar-refractivity contribution is 6.01. The number of rotatable bonds is 8. The number of hydrazone groups is 1. The van der Waals surface area contributed by atoms with E-state index in [2.05, 4.69) is 10.5 Å². The highest BCUT2D eigenvalue weighted by Gasteiger charge is 2.12. The molecule has 0 aromatic heterocycles. The van der Waals surface area contributed by atoms with Crippen molar-refractivity contribution in [3.63, 3.8) is 0 Å². The van der Waals surface area contributed by atoms with Crippen LogP contribution in [0.4, 0.5) is 0 Å². The monoisotopic (exact) mass is 386 g/mol. The van der Waals surface area contributed by atoms with Crippen LogP contribution in [0.2, 0.25) is 0 Å². The molecule has 0 bridgehead atoms. The first-order chi connectivity index (χ1) is 13.4. The van der Waals surface area contributed by atoms with Crippen molar-refractivity contribution in [1.82, 2.24) is 5.43 Å². The van der Waals surface area contributed by atoms with Gasteiger partial charge in [0.1, 0.15) is 0 Å². The minimum Gasteiger partial charge on any atom is -0.493 e. The number of ether oxygens (including phenoxy) is 4. The molecule has 2 aromatic rings. The van der Waals surface area contributed by atoms with Gasteiger partial charge in [0.15, 0.2) is 23.0 Å². The number of nitrogens with zero attached hydrogens (tertiary/aromatic N) is 1. The molecule has 1 N–H and O–H groups in total. The largest absolute Gasteiger partial charge is 0.493 e. The number of nitrogens with one attached hydrogen (secondary N) is 1. The van der Waals surface area contributed by atoms with E-state index in [1.807, 2.05) is 19.9 Å². The van der Waals surface area contributed by atoms with Crippen LogP contribution in [0.1, 0.15) is 36.7 Å². The van der Waals surface area contributed by atoms with E-state index in [0.717, 1.165) is 5.56 Å². The van der Waals surface area contributed by atoms with Crippen LogP contribution in [-0.4, -0.2) is 39.1 Å². The zero-order chi connectivity index (χ0) is 20.7. The number of hydrogen-bond donors (Lipinski definition) is 1. The molecule has 0 saturated carbocycles. The van der Waals surface area contributed by atoms with Gasteiger partial charge in [-0.25, -0.2) is 5.43 Å². The summed E-state index contributed by atoms with van der Waals surface area (Å²) in [4.78, 5) is 12.4. The molecule has 28 heavy (non-hydrogen) atoms. The average Bonchev–Trinajstić information content (AvgIpc) is 2.70. The predicted molar refractivity (Wildman–Crippen MR) is 108 cm³/mol. The van der Waals surface area contributed by atoms with Crippen LogP contribution in [0.3, 0.4) is 0 Å². The zero-order valence-electron chi connectivity index (χ0n) is 17.0. The van der Waals surface area contributed by atoms with E-state index in [1.165, 1.54) is 7.11 Å². The quantitative estimate of drug-likeness (QED) is 0.553. The Bertz CT molecular complexity index is 862. The average molecular weight is 386 g/mol. The highest BCUT2D eigenvalue weighted by atomic mass is 16.5. The van der Waals surface area contributed by atoms with Crippen molar-refractivity contribution in [3.8, 4) is 23.0 Å². The zero-order valence-corrected chi connectivity index (χ0v) is 17.0. The van der Waals surface area contributed by atoms with Crippen LogP contribution in [0, 0.1) is 0 Å². The van der Waals surface area contributed by atoms with Gasteiger partial charge in [0.2, 0.25) is 0 Å². The van der Waals surface area contributed by atoms with E-state index in [0.29, 0.717) is 34.3 Å². The Hall–Kier alpha value is -3.22. The first-order valence-corrected chi connectivity index (χ1v) is 8.81. The SMILES string of the molecule is COc1ccc(/C(C)=N\NC(=O)c2ccc(OC(C)C)c(OC)c2)cc1OC. The molecule has 7 heteroatoms. The van der Waals surface area contributed by atoms with E-state index in [9.17, 15) is 4.79 Å². The van der Waals surface area contributed by atoms with Crippen molar-refractivity contribution in [3.05, 3.63) is 47.5 Å². The topological polar surface area (TPSA) is 78.4 Å². The smallest absolute Gasteiger partial charge is 0.271 e. The molecule has 0 aliphatic rings. The summed E-state index contributed by atoms with van der Waals surface area (Å²) in [5, 5.41) is 4.18. The van der Waals surface area contributed by atoms with Crippen LogP contribution < -0.4 is 24.4 Å². The Morgan fingerprint density at radius 3 is 2.00 bits per heavy atom. The lowest BCUT2D eigenvalue weighted by molar-refractivity contribution is 0.0954. The number of methoxy groups -OCH3 is 3. The number of benzene rings is 2. The second kappa shape index (κ2) is 9.64. The van der Waals surface area contributed by atoms with E-state index in [1.54, 1.807) is 51.5 Å². The molecule has 2 rings (SSSR count). The third-order valence-electron chi connectivity index (χ3n) is 3.91. The third kappa shape index (κ3) is 5.16. The molecule has 0 heterocycles. The first kappa shape index (κ1) is 21.1. The Morgan fingerprint density at radius 1 is 0.857 bits per heavy atom. The summed E-state index contributed by atoms with van der Waals surface area (Å²) >= 11 is 0. The van der Waals surface area contributed by atoms with Gasteiger partial charge in [-0.2, -0.15) is 5.10 Å². The van der Waals surface area contributed by atoms with Gasteiger partial charge in [0.25, 0.3) is 5.91 Å². The summed E-state index contributed by atoms with van der Waals surface area (Å²) in [7, 11) is 4.67. The summed E-state index contributed by atoms with van der Waals surface area (Å²) < 4.78 is 21.5. The Kier molecular flexibility index (Phi) is 7.26. The van der Waals surface area contributed by atoms with Crippen molar-refractivity contribution >= 4 is 11.6 Å². The number of amides is 1. The van der Waals surface area contributed by atoms with Crippen molar-refractivity contribution in [2.24, 2.45) is 5.10 Å². The van der Waals surface area contributed by atoms with Crippen LogP contribution in [0.25, 0.3) is 0 Å². The van der Waals surface area contributed by atoms with Crippen molar-refractivity contribution in [1.29, 1.82) is 0 Å². The van der Waals surface area contributed by atoms with Crippen LogP contribution in [-0.2, 0) is 0 Å². The molecule has 2 aromatic carbocycles. The van der Waals surface area contributed by atoms with Crippen LogP contribution in [0.15, 0.2) is 41.5 Å². The summed E-state index contributed by atoms with van der Waals surface area (Å²) in [5.74, 6) is 1.93. The maximum absolute atomic E-state index is 12.4.